The van der Waals surface area contributed by atoms with Gasteiger partial charge in [-0.25, -0.2) is 13.6 Å². The predicted molar refractivity (Wildman–Crippen MR) is 193 cm³/mol. The van der Waals surface area contributed by atoms with Crippen molar-refractivity contribution in [2.45, 2.75) is 12.8 Å². The van der Waals surface area contributed by atoms with E-state index in [4.69, 9.17) is 52.1 Å². The molecule has 4 aromatic rings. The van der Waals surface area contributed by atoms with Gasteiger partial charge in [0.25, 0.3) is 0 Å². The third-order valence-electron chi connectivity index (χ3n) is 7.42. The molecule has 2 saturated heterocycles. The number of hydrogen-bond acceptors (Lipinski definition) is 7. The first-order valence-corrected chi connectivity index (χ1v) is 16.7. The Bertz CT molecular complexity index is 1650. The van der Waals surface area contributed by atoms with Gasteiger partial charge in [0.05, 0.1) is 31.5 Å². The van der Waals surface area contributed by atoms with Crippen LogP contribution < -0.4 is 26.2 Å². The van der Waals surface area contributed by atoms with Crippen LogP contribution >= 0.6 is 46.4 Å². The van der Waals surface area contributed by atoms with Crippen molar-refractivity contribution in [2.75, 3.05) is 73.2 Å². The van der Waals surface area contributed by atoms with E-state index < -0.39 is 11.6 Å². The third kappa shape index (κ3) is 11.2. The van der Waals surface area contributed by atoms with Crippen molar-refractivity contribution in [3.63, 3.8) is 0 Å². The lowest BCUT2D eigenvalue weighted by Crippen LogP contribution is -2.38. The van der Waals surface area contributed by atoms with Crippen LogP contribution in [0, 0.1) is 11.6 Å². The Morgan fingerprint density at radius 3 is 1.92 bits per heavy atom. The number of nitrogens with one attached hydrogen (secondary N) is 2. The lowest BCUT2D eigenvalue weighted by Gasteiger charge is -2.24. The van der Waals surface area contributed by atoms with Crippen LogP contribution in [0.1, 0.15) is 12.8 Å². The number of aromatic nitrogens is 2. The number of pyridine rings is 2. The van der Waals surface area contributed by atoms with E-state index in [1.54, 1.807) is 29.7 Å². The van der Waals surface area contributed by atoms with E-state index in [0.29, 0.717) is 36.0 Å². The van der Waals surface area contributed by atoms with Crippen LogP contribution in [0.15, 0.2) is 73.3 Å². The lowest BCUT2D eigenvalue weighted by molar-refractivity contribution is 0.215. The summed E-state index contributed by atoms with van der Waals surface area (Å²) in [6.07, 6.45) is 8.79. The molecule has 4 heterocycles. The molecule has 0 atom stereocenters. The summed E-state index contributed by atoms with van der Waals surface area (Å²) in [6, 6.07) is 11.8. The van der Waals surface area contributed by atoms with Crippen LogP contribution in [0.5, 0.6) is 0 Å². The number of nitrogens with two attached hydrogens (primary N) is 1. The maximum Gasteiger partial charge on any atom is 0.321 e. The van der Waals surface area contributed by atoms with Crippen LogP contribution in [0.3, 0.4) is 0 Å². The average Bonchev–Trinajstić information content (AvgIpc) is 3.50. The molecule has 0 bridgehead atoms. The molecule has 256 valence electrons. The molecule has 0 aliphatic carbocycles. The highest BCUT2D eigenvalue weighted by molar-refractivity contribution is 6.33. The van der Waals surface area contributed by atoms with Crippen molar-refractivity contribution >= 4 is 75.2 Å². The van der Waals surface area contributed by atoms with E-state index in [2.05, 4.69) is 30.4 Å². The molecule has 2 aromatic carbocycles. The SMILES string of the molecule is Clc1cnccc1N1CCCNCC1.Nc1ccc(F)c(Cl)c1.O=C(Nc1ccc(F)c(Cl)c1)N1CCCN(c2ccncc2Cl)CC1. The van der Waals surface area contributed by atoms with Crippen LogP contribution in [0.25, 0.3) is 0 Å². The number of halogens is 6. The number of nitrogen functional groups attached to an aromatic ring is 1. The highest BCUT2D eigenvalue weighted by Gasteiger charge is 2.21. The van der Waals surface area contributed by atoms with Crippen molar-refractivity contribution in [1.82, 2.24) is 20.2 Å². The quantitative estimate of drug-likeness (QED) is 0.184. The first-order valence-electron chi connectivity index (χ1n) is 15.2. The van der Waals surface area contributed by atoms with Crippen LogP contribution in [0.2, 0.25) is 20.1 Å². The van der Waals surface area contributed by atoms with E-state index >= 15 is 0 Å². The van der Waals surface area contributed by atoms with Crippen LogP contribution in [-0.2, 0) is 0 Å². The first-order chi connectivity index (χ1) is 23.1. The van der Waals surface area contributed by atoms with E-state index in [1.165, 1.54) is 42.8 Å². The van der Waals surface area contributed by atoms with E-state index in [9.17, 15) is 13.6 Å². The number of benzene rings is 2. The minimum Gasteiger partial charge on any atom is -0.399 e. The van der Waals surface area contributed by atoms with Crippen molar-refractivity contribution in [3.05, 3.63) is 105 Å². The molecule has 0 unspecified atom stereocenters. The first kappa shape index (κ1) is 37.2. The van der Waals surface area contributed by atoms with E-state index in [0.717, 1.165) is 55.5 Å². The second-order valence-corrected chi connectivity index (χ2v) is 12.4. The molecule has 0 saturated carbocycles. The standard InChI is InChI=1S/C17H17Cl2FN4O.C10H14ClN3.C6H5ClFN/c18-13-10-12(2-3-15(13)20)22-17(25)24-7-1-6-23(8-9-24)16-4-5-21-11-14(16)19;11-9-8-13-4-2-10(9)14-6-1-3-12-5-7-14;7-5-3-4(9)1-2-6(5)8/h2-5,10-11H,1,6-9H2,(H,22,25);2,4,8,12H,1,3,5-7H2;1-3H,9H2. The number of urea groups is 1. The maximum atomic E-state index is 13.2. The lowest BCUT2D eigenvalue weighted by atomic mass is 10.3. The van der Waals surface area contributed by atoms with Crippen LogP contribution in [-0.4, -0.2) is 73.3 Å². The Hall–Kier alpha value is -3.61. The number of anilines is 4. The fourth-order valence-corrected chi connectivity index (χ4v) is 5.83. The Kier molecular flexibility index (Phi) is 14.6. The Morgan fingerprint density at radius 2 is 1.31 bits per heavy atom. The van der Waals surface area contributed by atoms with Crippen molar-refractivity contribution in [2.24, 2.45) is 0 Å². The molecule has 0 radical (unpaired) electrons. The largest absolute Gasteiger partial charge is 0.399 e. The topological polar surface area (TPSA) is 103 Å². The smallest absolute Gasteiger partial charge is 0.321 e. The molecule has 2 aromatic heterocycles. The van der Waals surface area contributed by atoms with Gasteiger partial charge in [-0.1, -0.05) is 46.4 Å². The molecule has 48 heavy (non-hydrogen) atoms. The number of rotatable bonds is 3. The van der Waals surface area contributed by atoms with Crippen molar-refractivity contribution < 1.29 is 13.6 Å². The normalized spacial score (nSPS) is 14.8. The second-order valence-electron chi connectivity index (χ2n) is 10.8. The van der Waals surface area contributed by atoms with Gasteiger partial charge in [0.15, 0.2) is 0 Å². The highest BCUT2D eigenvalue weighted by Crippen LogP contribution is 2.26. The Labute approximate surface area is 298 Å². The fraction of sp³-hybridized carbons (Fsp3) is 0.303. The monoisotopic (exact) mass is 738 g/mol. The minimum atomic E-state index is -0.515. The second kappa shape index (κ2) is 18.8. The Balaban J connectivity index is 0.000000188. The number of amides is 2. The van der Waals surface area contributed by atoms with Gasteiger partial charge in [-0.3, -0.25) is 9.97 Å². The summed E-state index contributed by atoms with van der Waals surface area (Å²) >= 11 is 23.4. The average molecular weight is 741 g/mol. The van der Waals surface area contributed by atoms with Gasteiger partial charge in [-0.05, 0) is 67.9 Å². The molecule has 2 aliphatic rings. The molecule has 2 amide bonds. The van der Waals surface area contributed by atoms with Gasteiger partial charge in [-0.15, -0.1) is 0 Å². The predicted octanol–water partition coefficient (Wildman–Crippen LogP) is 7.87. The van der Waals surface area contributed by atoms with Gasteiger partial charge >= 0.3 is 6.03 Å². The van der Waals surface area contributed by atoms with E-state index in [1.807, 2.05) is 12.1 Å². The molecule has 2 aliphatic heterocycles. The summed E-state index contributed by atoms with van der Waals surface area (Å²) in [6.45, 7) is 6.86. The molecule has 4 N–H and O–H groups in total. The van der Waals surface area contributed by atoms with Crippen molar-refractivity contribution in [1.29, 1.82) is 0 Å². The number of nitrogens with zero attached hydrogens (tertiary/aromatic N) is 5. The minimum absolute atomic E-state index is 0.0211. The number of hydrogen-bond donors (Lipinski definition) is 3. The highest BCUT2D eigenvalue weighted by atomic mass is 35.5. The van der Waals surface area contributed by atoms with Gasteiger partial charge < -0.3 is 31.1 Å². The third-order valence-corrected chi connectivity index (χ3v) is 8.58. The molecule has 6 rings (SSSR count). The summed E-state index contributed by atoms with van der Waals surface area (Å²) in [5, 5.41) is 7.51. The molecule has 2 fully saturated rings. The maximum absolute atomic E-state index is 13.2. The summed E-state index contributed by atoms with van der Waals surface area (Å²) < 4.78 is 25.5. The molecule has 9 nitrogen and oxygen atoms in total. The van der Waals surface area contributed by atoms with Gasteiger partial charge in [0, 0.05) is 82.0 Å². The fourth-order valence-electron chi connectivity index (χ4n) is 4.99. The molecular weight excluding hydrogens is 704 g/mol. The van der Waals surface area contributed by atoms with Gasteiger partial charge in [0.2, 0.25) is 0 Å². The summed E-state index contributed by atoms with van der Waals surface area (Å²) in [5.41, 5.74) is 8.24. The van der Waals surface area contributed by atoms with Crippen LogP contribution in [0.4, 0.5) is 36.3 Å². The summed E-state index contributed by atoms with van der Waals surface area (Å²) in [5.74, 6) is -0.954. The van der Waals surface area contributed by atoms with Crippen molar-refractivity contribution in [3.8, 4) is 0 Å². The van der Waals surface area contributed by atoms with Gasteiger partial charge in [-0.2, -0.15) is 0 Å². The summed E-state index contributed by atoms with van der Waals surface area (Å²) in [4.78, 5) is 26.6. The van der Waals surface area contributed by atoms with E-state index in [-0.39, 0.29) is 16.1 Å². The number of carbonyl (C=O) groups excluding carboxylic acids is 1. The molecular formula is C33H36Cl4F2N8O. The van der Waals surface area contributed by atoms with Gasteiger partial charge in [0.1, 0.15) is 11.6 Å². The zero-order valence-electron chi connectivity index (χ0n) is 26.0. The number of carbonyl (C=O) groups is 1. The molecule has 0 spiro atoms. The molecule has 15 heteroatoms. The summed E-state index contributed by atoms with van der Waals surface area (Å²) in [7, 11) is 0. The Morgan fingerprint density at radius 1 is 0.708 bits per heavy atom. The zero-order valence-corrected chi connectivity index (χ0v) is 29.0. The zero-order chi connectivity index (χ0) is 34.5.